The Bertz CT molecular complexity index is 1120. The first-order valence-electron chi connectivity index (χ1n) is 11.4. The molecule has 1 aromatic carbocycles. The number of pyridine rings is 1. The summed E-state index contributed by atoms with van der Waals surface area (Å²) >= 11 is 3.57. The van der Waals surface area contributed by atoms with E-state index in [1.54, 1.807) is 19.1 Å². The summed E-state index contributed by atoms with van der Waals surface area (Å²) in [5.41, 5.74) is 2.65. The molecule has 1 saturated carbocycles. The van der Waals surface area contributed by atoms with Gasteiger partial charge in [-0.2, -0.15) is 0 Å². The van der Waals surface area contributed by atoms with Gasteiger partial charge in [-0.15, -0.1) is 0 Å². The number of carbonyl (C=O) groups is 2. The summed E-state index contributed by atoms with van der Waals surface area (Å²) in [6.45, 7) is 2.03. The molecule has 3 aromatic rings. The first kappa shape index (κ1) is 23.3. The highest BCUT2D eigenvalue weighted by atomic mass is 79.9. The van der Waals surface area contributed by atoms with E-state index in [-0.39, 0.29) is 12.8 Å². The molecule has 0 unspecified atom stereocenters. The molecule has 0 spiro atoms. The van der Waals surface area contributed by atoms with Crippen LogP contribution in [0.4, 0.5) is 5.82 Å². The Hall–Kier alpha value is -2.87. The van der Waals surface area contributed by atoms with Gasteiger partial charge in [0.25, 0.3) is 0 Å². The van der Waals surface area contributed by atoms with Crippen molar-refractivity contribution in [2.75, 3.05) is 11.9 Å². The number of aromatic nitrogens is 2. The first-order valence-corrected chi connectivity index (χ1v) is 12.2. The van der Waals surface area contributed by atoms with Crippen molar-refractivity contribution in [3.8, 4) is 17.0 Å². The zero-order valence-electron chi connectivity index (χ0n) is 18.7. The predicted molar refractivity (Wildman–Crippen MR) is 130 cm³/mol. The third-order valence-corrected chi connectivity index (χ3v) is 6.20. The van der Waals surface area contributed by atoms with E-state index in [1.807, 2.05) is 30.5 Å². The number of nitrogens with zero attached hydrogens (tertiary/aromatic N) is 2. The van der Waals surface area contributed by atoms with Crippen LogP contribution in [0.25, 0.3) is 16.9 Å². The average Bonchev–Trinajstić information content (AvgIpc) is 3.16. The molecule has 0 bridgehead atoms. The van der Waals surface area contributed by atoms with Gasteiger partial charge in [0.2, 0.25) is 0 Å². The number of hydrogen-bond acceptors (Lipinski definition) is 6. The number of anilines is 1. The smallest absolute Gasteiger partial charge is 0.311 e. The van der Waals surface area contributed by atoms with Gasteiger partial charge in [-0.25, -0.2) is 4.98 Å². The summed E-state index contributed by atoms with van der Waals surface area (Å²) < 4.78 is 13.3. The number of rotatable bonds is 8. The Morgan fingerprint density at radius 2 is 1.79 bits per heavy atom. The molecule has 1 aliphatic rings. The van der Waals surface area contributed by atoms with Crippen molar-refractivity contribution in [1.82, 2.24) is 9.38 Å². The average molecular weight is 514 g/mol. The number of benzene rings is 1. The van der Waals surface area contributed by atoms with Gasteiger partial charge < -0.3 is 14.8 Å². The Morgan fingerprint density at radius 3 is 2.52 bits per heavy atom. The number of ether oxygens (including phenoxy) is 2. The second kappa shape index (κ2) is 10.8. The minimum Gasteiger partial charge on any atom is -0.466 e. The van der Waals surface area contributed by atoms with Crippen LogP contribution < -0.4 is 10.1 Å². The number of imidazole rings is 1. The number of carbonyl (C=O) groups excluding carboxylic acids is 2. The SMILES string of the molecule is CCOC(=O)CCC(=O)Oc1ccc(-c2nc3ccc(Br)cn3c2NC2CCCCC2)cc1. The molecule has 4 rings (SSSR count). The highest BCUT2D eigenvalue weighted by Gasteiger charge is 2.20. The maximum absolute atomic E-state index is 12.0. The van der Waals surface area contributed by atoms with E-state index >= 15 is 0 Å². The van der Waals surface area contributed by atoms with E-state index in [4.69, 9.17) is 14.5 Å². The molecule has 1 fully saturated rings. The van der Waals surface area contributed by atoms with E-state index in [9.17, 15) is 9.59 Å². The lowest BCUT2D eigenvalue weighted by Crippen LogP contribution is -2.23. The van der Waals surface area contributed by atoms with E-state index in [0.29, 0.717) is 18.4 Å². The van der Waals surface area contributed by atoms with Crippen molar-refractivity contribution in [1.29, 1.82) is 0 Å². The molecule has 2 aromatic heterocycles. The number of esters is 2. The number of halogens is 1. The van der Waals surface area contributed by atoms with Crippen LogP contribution in [0, 0.1) is 0 Å². The maximum Gasteiger partial charge on any atom is 0.311 e. The molecule has 8 heteroatoms. The van der Waals surface area contributed by atoms with Crippen LogP contribution in [0.3, 0.4) is 0 Å². The molecular formula is C25H28BrN3O4. The van der Waals surface area contributed by atoms with Gasteiger partial charge in [-0.1, -0.05) is 19.3 Å². The predicted octanol–water partition coefficient (Wildman–Crippen LogP) is 5.76. The van der Waals surface area contributed by atoms with Gasteiger partial charge in [-0.3, -0.25) is 14.0 Å². The molecule has 33 heavy (non-hydrogen) atoms. The normalized spacial score (nSPS) is 14.2. The highest BCUT2D eigenvalue weighted by Crippen LogP contribution is 2.33. The fraction of sp³-hybridized carbons (Fsp3) is 0.400. The standard InChI is InChI=1S/C25H28BrN3O4/c1-2-32-22(30)14-15-23(31)33-20-11-8-17(9-12-20)24-25(27-19-6-4-3-5-7-19)29-16-18(26)10-13-21(29)28-24/h8-13,16,19,27H,2-7,14-15H2,1H3. The molecule has 7 nitrogen and oxygen atoms in total. The van der Waals surface area contributed by atoms with Crippen molar-refractivity contribution in [2.45, 2.75) is 57.9 Å². The van der Waals surface area contributed by atoms with Gasteiger partial charge in [0.1, 0.15) is 22.9 Å². The lowest BCUT2D eigenvalue weighted by molar-refractivity contribution is -0.146. The van der Waals surface area contributed by atoms with Gasteiger partial charge in [0.15, 0.2) is 0 Å². The van der Waals surface area contributed by atoms with Crippen molar-refractivity contribution in [3.05, 3.63) is 47.1 Å². The van der Waals surface area contributed by atoms with E-state index < -0.39 is 11.9 Å². The summed E-state index contributed by atoms with van der Waals surface area (Å²) in [4.78, 5) is 28.3. The Kier molecular flexibility index (Phi) is 7.65. The fourth-order valence-electron chi connectivity index (χ4n) is 4.10. The molecular weight excluding hydrogens is 486 g/mol. The topological polar surface area (TPSA) is 81.9 Å². The lowest BCUT2D eigenvalue weighted by Gasteiger charge is -2.24. The van der Waals surface area contributed by atoms with Crippen LogP contribution in [0.5, 0.6) is 5.75 Å². The van der Waals surface area contributed by atoms with E-state index in [2.05, 4.69) is 25.6 Å². The second-order valence-electron chi connectivity index (χ2n) is 8.17. The molecule has 174 valence electrons. The van der Waals surface area contributed by atoms with Gasteiger partial charge in [0, 0.05) is 22.3 Å². The summed E-state index contributed by atoms with van der Waals surface area (Å²) in [6, 6.07) is 11.7. The number of nitrogens with one attached hydrogen (secondary N) is 1. The molecule has 0 radical (unpaired) electrons. The van der Waals surface area contributed by atoms with Crippen LogP contribution in [0.1, 0.15) is 51.9 Å². The third kappa shape index (κ3) is 5.93. The molecule has 0 saturated heterocycles. The maximum atomic E-state index is 12.0. The quantitative estimate of drug-likeness (QED) is 0.304. The van der Waals surface area contributed by atoms with E-state index in [0.717, 1.165) is 40.0 Å². The van der Waals surface area contributed by atoms with Gasteiger partial charge in [0.05, 0.1) is 19.4 Å². The summed E-state index contributed by atoms with van der Waals surface area (Å²) in [5, 5.41) is 3.73. The number of hydrogen-bond donors (Lipinski definition) is 1. The van der Waals surface area contributed by atoms with Crippen molar-refractivity contribution < 1.29 is 19.1 Å². The fourth-order valence-corrected chi connectivity index (χ4v) is 4.44. The van der Waals surface area contributed by atoms with Crippen LogP contribution in [-0.4, -0.2) is 34.0 Å². The Labute approximate surface area is 201 Å². The molecule has 0 amide bonds. The highest BCUT2D eigenvalue weighted by molar-refractivity contribution is 9.10. The van der Waals surface area contributed by atoms with Gasteiger partial charge in [-0.05, 0) is 72.1 Å². The summed E-state index contributed by atoms with van der Waals surface area (Å²) in [6.07, 6.45) is 8.10. The minimum atomic E-state index is -0.465. The summed E-state index contributed by atoms with van der Waals surface area (Å²) in [7, 11) is 0. The van der Waals surface area contributed by atoms with Crippen molar-refractivity contribution in [2.24, 2.45) is 0 Å². The molecule has 1 aliphatic carbocycles. The van der Waals surface area contributed by atoms with Crippen LogP contribution in [0.2, 0.25) is 0 Å². The largest absolute Gasteiger partial charge is 0.466 e. The van der Waals surface area contributed by atoms with Crippen molar-refractivity contribution in [3.63, 3.8) is 0 Å². The second-order valence-corrected chi connectivity index (χ2v) is 9.08. The van der Waals surface area contributed by atoms with Crippen molar-refractivity contribution >= 4 is 39.3 Å². The Morgan fingerprint density at radius 1 is 1.06 bits per heavy atom. The minimum absolute atomic E-state index is 0.0117. The monoisotopic (exact) mass is 513 g/mol. The third-order valence-electron chi connectivity index (χ3n) is 5.73. The lowest BCUT2D eigenvalue weighted by atomic mass is 9.95. The molecule has 0 aliphatic heterocycles. The molecule has 0 atom stereocenters. The van der Waals surface area contributed by atoms with E-state index in [1.165, 1.54) is 19.3 Å². The molecule has 1 N–H and O–H groups in total. The van der Waals surface area contributed by atoms with Crippen LogP contribution >= 0.6 is 15.9 Å². The number of fused-ring (bicyclic) bond motifs is 1. The van der Waals surface area contributed by atoms with Gasteiger partial charge >= 0.3 is 11.9 Å². The van der Waals surface area contributed by atoms with Crippen LogP contribution in [0.15, 0.2) is 47.1 Å². The zero-order chi connectivity index (χ0) is 23.2. The summed E-state index contributed by atoms with van der Waals surface area (Å²) in [5.74, 6) is 0.535. The first-order chi connectivity index (χ1) is 16.0. The Balaban J connectivity index is 1.52. The molecule has 2 heterocycles. The zero-order valence-corrected chi connectivity index (χ0v) is 20.3. The van der Waals surface area contributed by atoms with Crippen LogP contribution in [-0.2, 0) is 14.3 Å².